The van der Waals surface area contributed by atoms with E-state index in [0.717, 1.165) is 11.4 Å². The lowest BCUT2D eigenvalue weighted by Crippen LogP contribution is -2.39. The molecule has 0 saturated heterocycles. The molecule has 0 fully saturated rings. The van der Waals surface area contributed by atoms with Crippen LogP contribution < -0.4 is 9.64 Å². The lowest BCUT2D eigenvalue weighted by Gasteiger charge is -2.31. The fourth-order valence-corrected chi connectivity index (χ4v) is 1.66. The average Bonchev–Trinajstić information content (AvgIpc) is 2.38. The highest BCUT2D eigenvalue weighted by molar-refractivity contribution is 5.50. The molecule has 4 heteroatoms. The number of aliphatic hydroxyl groups is 2. The van der Waals surface area contributed by atoms with Crippen molar-refractivity contribution in [2.75, 3.05) is 38.8 Å². The number of anilines is 1. The summed E-state index contributed by atoms with van der Waals surface area (Å²) in [5.74, 6) is 0.795. The van der Waals surface area contributed by atoms with E-state index in [0.29, 0.717) is 6.54 Å². The normalized spacial score (nSPS) is 11.4. The van der Waals surface area contributed by atoms with E-state index in [9.17, 15) is 10.2 Å². The summed E-state index contributed by atoms with van der Waals surface area (Å²) in [7, 11) is 3.56. The van der Waals surface area contributed by atoms with Gasteiger partial charge in [-0.25, -0.2) is 0 Å². The maximum atomic E-state index is 9.27. The third kappa shape index (κ3) is 3.61. The molecule has 0 unspecified atom stereocenters. The fraction of sp³-hybridized carbons (Fsp3) is 0.538. The van der Waals surface area contributed by atoms with Gasteiger partial charge in [0.05, 0.1) is 20.3 Å². The van der Waals surface area contributed by atoms with Crippen LogP contribution in [0.15, 0.2) is 24.3 Å². The Balaban J connectivity index is 2.78. The van der Waals surface area contributed by atoms with Gasteiger partial charge in [-0.1, -0.05) is 13.0 Å². The van der Waals surface area contributed by atoms with Crippen molar-refractivity contribution in [3.05, 3.63) is 24.3 Å². The Morgan fingerprint density at radius 1 is 1.29 bits per heavy atom. The molecule has 0 aliphatic heterocycles. The van der Waals surface area contributed by atoms with Crippen molar-refractivity contribution in [1.82, 2.24) is 0 Å². The van der Waals surface area contributed by atoms with Crippen LogP contribution in [-0.2, 0) is 0 Å². The highest BCUT2D eigenvalue weighted by atomic mass is 16.5. The van der Waals surface area contributed by atoms with Crippen molar-refractivity contribution in [2.45, 2.75) is 6.92 Å². The van der Waals surface area contributed by atoms with Gasteiger partial charge in [0.1, 0.15) is 5.75 Å². The van der Waals surface area contributed by atoms with Gasteiger partial charge in [-0.15, -0.1) is 0 Å². The first-order valence-corrected chi connectivity index (χ1v) is 5.61. The molecule has 0 radical (unpaired) electrons. The molecule has 1 rings (SSSR count). The first kappa shape index (κ1) is 13.8. The van der Waals surface area contributed by atoms with Gasteiger partial charge in [0.25, 0.3) is 0 Å². The highest BCUT2D eigenvalue weighted by Crippen LogP contribution is 2.23. The first-order valence-electron chi connectivity index (χ1n) is 5.61. The molecule has 0 aliphatic carbocycles. The van der Waals surface area contributed by atoms with Gasteiger partial charge >= 0.3 is 0 Å². The predicted octanol–water partition coefficient (Wildman–Crippen LogP) is 1.12. The van der Waals surface area contributed by atoms with Crippen molar-refractivity contribution in [2.24, 2.45) is 5.41 Å². The number of ether oxygens (including phenoxy) is 1. The Labute approximate surface area is 102 Å². The van der Waals surface area contributed by atoms with Crippen LogP contribution in [0.1, 0.15) is 6.92 Å². The Bertz CT molecular complexity index is 350. The van der Waals surface area contributed by atoms with Gasteiger partial charge in [-0.05, 0) is 12.1 Å². The van der Waals surface area contributed by atoms with Crippen LogP contribution in [-0.4, -0.2) is 44.1 Å². The Morgan fingerprint density at radius 2 is 1.94 bits per heavy atom. The van der Waals surface area contributed by atoms with Crippen molar-refractivity contribution < 1.29 is 14.9 Å². The van der Waals surface area contributed by atoms with Crippen molar-refractivity contribution in [1.29, 1.82) is 0 Å². The third-order valence-electron chi connectivity index (χ3n) is 2.88. The lowest BCUT2D eigenvalue weighted by atomic mass is 9.92. The number of rotatable bonds is 6. The summed E-state index contributed by atoms with van der Waals surface area (Å²) in [6.45, 7) is 2.34. The van der Waals surface area contributed by atoms with Crippen LogP contribution in [0.3, 0.4) is 0 Å². The second-order valence-electron chi connectivity index (χ2n) is 4.68. The lowest BCUT2D eigenvalue weighted by molar-refractivity contribution is 0.0763. The summed E-state index contributed by atoms with van der Waals surface area (Å²) in [6, 6.07) is 7.70. The van der Waals surface area contributed by atoms with E-state index in [-0.39, 0.29) is 13.2 Å². The van der Waals surface area contributed by atoms with E-state index in [1.54, 1.807) is 7.11 Å². The fourth-order valence-electron chi connectivity index (χ4n) is 1.66. The van der Waals surface area contributed by atoms with Gasteiger partial charge in [-0.2, -0.15) is 0 Å². The van der Waals surface area contributed by atoms with Crippen LogP contribution >= 0.6 is 0 Å². The van der Waals surface area contributed by atoms with E-state index in [1.165, 1.54) is 0 Å². The molecule has 0 spiro atoms. The zero-order valence-electron chi connectivity index (χ0n) is 10.7. The molecule has 0 heterocycles. The molecule has 0 saturated carbocycles. The molecule has 0 aliphatic rings. The summed E-state index contributed by atoms with van der Waals surface area (Å²) in [6.07, 6.45) is 0. The third-order valence-corrected chi connectivity index (χ3v) is 2.88. The minimum absolute atomic E-state index is 0.0438. The van der Waals surface area contributed by atoms with E-state index < -0.39 is 5.41 Å². The number of hydrogen-bond acceptors (Lipinski definition) is 4. The topological polar surface area (TPSA) is 52.9 Å². The van der Waals surface area contributed by atoms with Crippen LogP contribution in [0.5, 0.6) is 5.75 Å². The highest BCUT2D eigenvalue weighted by Gasteiger charge is 2.24. The molecule has 96 valence electrons. The largest absolute Gasteiger partial charge is 0.497 e. The van der Waals surface area contributed by atoms with Crippen LogP contribution in [0, 0.1) is 5.41 Å². The van der Waals surface area contributed by atoms with Crippen LogP contribution in [0.2, 0.25) is 0 Å². The Kier molecular flexibility index (Phi) is 4.78. The summed E-state index contributed by atoms with van der Waals surface area (Å²) in [5.41, 5.74) is 0.496. The van der Waals surface area contributed by atoms with E-state index in [4.69, 9.17) is 4.74 Å². The number of nitrogens with zero attached hydrogens (tertiary/aromatic N) is 1. The molecular weight excluding hydrogens is 218 g/mol. The monoisotopic (exact) mass is 239 g/mol. The van der Waals surface area contributed by atoms with Crippen molar-refractivity contribution in [3.8, 4) is 5.75 Å². The maximum absolute atomic E-state index is 9.27. The van der Waals surface area contributed by atoms with Crippen LogP contribution in [0.4, 0.5) is 5.69 Å². The molecular formula is C13H21NO3. The van der Waals surface area contributed by atoms with E-state index in [1.807, 2.05) is 43.1 Å². The van der Waals surface area contributed by atoms with Crippen molar-refractivity contribution >= 4 is 5.69 Å². The average molecular weight is 239 g/mol. The molecule has 1 aromatic carbocycles. The van der Waals surface area contributed by atoms with Gasteiger partial charge in [0, 0.05) is 30.8 Å². The molecule has 1 aromatic rings. The number of hydrogen-bond donors (Lipinski definition) is 2. The Hall–Kier alpha value is -1.26. The quantitative estimate of drug-likeness (QED) is 0.781. The maximum Gasteiger partial charge on any atom is 0.120 e. The zero-order valence-corrected chi connectivity index (χ0v) is 10.7. The van der Waals surface area contributed by atoms with Gasteiger partial charge in [0.15, 0.2) is 0 Å². The number of aliphatic hydroxyl groups excluding tert-OH is 2. The summed E-state index contributed by atoms with van der Waals surface area (Å²) < 4.78 is 5.16. The molecule has 0 bridgehead atoms. The Morgan fingerprint density at radius 3 is 2.47 bits per heavy atom. The summed E-state index contributed by atoms with van der Waals surface area (Å²) in [5, 5.41) is 18.5. The van der Waals surface area contributed by atoms with E-state index >= 15 is 0 Å². The minimum atomic E-state index is -0.502. The standard InChI is InChI=1S/C13H21NO3/c1-13(9-15,10-16)8-14(2)11-5-4-6-12(7-11)17-3/h4-7,15-16H,8-10H2,1-3H3. The summed E-state index contributed by atoms with van der Waals surface area (Å²) in [4.78, 5) is 2.00. The minimum Gasteiger partial charge on any atom is -0.497 e. The van der Waals surface area contributed by atoms with E-state index in [2.05, 4.69) is 0 Å². The summed E-state index contributed by atoms with van der Waals surface area (Å²) >= 11 is 0. The predicted molar refractivity (Wildman–Crippen MR) is 68.5 cm³/mol. The number of methoxy groups -OCH3 is 1. The van der Waals surface area contributed by atoms with Gasteiger partial charge in [0.2, 0.25) is 0 Å². The molecule has 0 aromatic heterocycles. The molecule has 4 nitrogen and oxygen atoms in total. The van der Waals surface area contributed by atoms with Crippen molar-refractivity contribution in [3.63, 3.8) is 0 Å². The first-order chi connectivity index (χ1) is 8.04. The number of benzene rings is 1. The molecule has 17 heavy (non-hydrogen) atoms. The zero-order chi connectivity index (χ0) is 12.9. The van der Waals surface area contributed by atoms with Gasteiger partial charge in [-0.3, -0.25) is 0 Å². The van der Waals surface area contributed by atoms with Crippen LogP contribution in [0.25, 0.3) is 0 Å². The van der Waals surface area contributed by atoms with Gasteiger partial charge < -0.3 is 19.8 Å². The SMILES string of the molecule is COc1cccc(N(C)CC(C)(CO)CO)c1. The second kappa shape index (κ2) is 5.89. The smallest absolute Gasteiger partial charge is 0.120 e. The second-order valence-corrected chi connectivity index (χ2v) is 4.68. The molecule has 0 amide bonds. The molecule has 0 atom stereocenters. The molecule has 2 N–H and O–H groups in total.